The molecule has 31 heavy (non-hydrogen) atoms. The number of hydrogen-bond acceptors (Lipinski definition) is 4. The molecule has 0 amide bonds. The van der Waals surface area contributed by atoms with Crippen LogP contribution < -0.4 is 5.56 Å². The van der Waals surface area contributed by atoms with Crippen molar-refractivity contribution in [3.8, 4) is 11.1 Å². The van der Waals surface area contributed by atoms with Crippen molar-refractivity contribution in [3.63, 3.8) is 0 Å². The van der Waals surface area contributed by atoms with Crippen molar-refractivity contribution in [3.05, 3.63) is 85.8 Å². The van der Waals surface area contributed by atoms with E-state index in [4.69, 9.17) is 4.98 Å². The van der Waals surface area contributed by atoms with Crippen molar-refractivity contribution in [2.75, 3.05) is 0 Å². The molecule has 2 heterocycles. The third-order valence-corrected chi connectivity index (χ3v) is 6.91. The normalized spacial score (nSPS) is 11.3. The van der Waals surface area contributed by atoms with Crippen LogP contribution in [-0.4, -0.2) is 15.3 Å². The summed E-state index contributed by atoms with van der Waals surface area (Å²) >= 11 is 1.48. The molecule has 0 saturated carbocycles. The standard InChI is InChI=1S/C26H26N2O2S/c1-6-23-27-25-24(21(14-31-25)19-9-7-15(2)17(4)11-19)26(30)28(23)13-22(29)20-10-8-16(3)18(5)12-20/h7-12,14H,6,13H2,1-5H3. The van der Waals surface area contributed by atoms with E-state index >= 15 is 0 Å². The average molecular weight is 431 g/mol. The van der Waals surface area contributed by atoms with E-state index in [9.17, 15) is 9.59 Å². The first-order valence-corrected chi connectivity index (χ1v) is 11.4. The Morgan fingerprint density at radius 2 is 1.65 bits per heavy atom. The molecule has 2 aromatic heterocycles. The summed E-state index contributed by atoms with van der Waals surface area (Å²) in [6.07, 6.45) is 0.586. The molecule has 0 aliphatic heterocycles. The Bertz CT molecular complexity index is 1380. The summed E-state index contributed by atoms with van der Waals surface area (Å²) in [5.41, 5.74) is 6.97. The van der Waals surface area contributed by atoms with Crippen molar-refractivity contribution in [2.45, 2.75) is 47.6 Å². The summed E-state index contributed by atoms with van der Waals surface area (Å²) in [5, 5.41) is 2.59. The molecular weight excluding hydrogens is 404 g/mol. The van der Waals surface area contributed by atoms with Crippen LogP contribution in [0.25, 0.3) is 21.3 Å². The first-order valence-electron chi connectivity index (χ1n) is 10.5. The van der Waals surface area contributed by atoms with Gasteiger partial charge in [-0.05, 0) is 61.6 Å². The van der Waals surface area contributed by atoms with Gasteiger partial charge in [-0.3, -0.25) is 14.2 Å². The van der Waals surface area contributed by atoms with Crippen LogP contribution in [0, 0.1) is 27.7 Å². The molecule has 0 radical (unpaired) electrons. The van der Waals surface area contributed by atoms with E-state index in [1.807, 2.05) is 50.4 Å². The van der Waals surface area contributed by atoms with Gasteiger partial charge >= 0.3 is 0 Å². The quantitative estimate of drug-likeness (QED) is 0.376. The van der Waals surface area contributed by atoms with Gasteiger partial charge in [-0.2, -0.15) is 0 Å². The lowest BCUT2D eigenvalue weighted by Crippen LogP contribution is -2.28. The molecule has 0 aliphatic carbocycles. The molecule has 5 heteroatoms. The second-order valence-electron chi connectivity index (χ2n) is 8.12. The Labute approximate surface area is 186 Å². The topological polar surface area (TPSA) is 52.0 Å². The molecule has 4 nitrogen and oxygen atoms in total. The third kappa shape index (κ3) is 3.86. The molecule has 4 rings (SSSR count). The van der Waals surface area contributed by atoms with E-state index in [1.54, 1.807) is 4.57 Å². The molecule has 0 unspecified atom stereocenters. The summed E-state index contributed by atoms with van der Waals surface area (Å²) in [7, 11) is 0. The number of nitrogens with zero attached hydrogens (tertiary/aromatic N) is 2. The largest absolute Gasteiger partial charge is 0.292 e. The molecule has 158 valence electrons. The number of fused-ring (bicyclic) bond motifs is 1. The fraction of sp³-hybridized carbons (Fsp3) is 0.269. The lowest BCUT2D eigenvalue weighted by Gasteiger charge is -2.12. The summed E-state index contributed by atoms with van der Waals surface area (Å²) in [6, 6.07) is 11.9. The third-order valence-electron chi connectivity index (χ3n) is 6.04. The maximum absolute atomic E-state index is 13.6. The Morgan fingerprint density at radius 3 is 2.29 bits per heavy atom. The highest BCUT2D eigenvalue weighted by Crippen LogP contribution is 2.32. The van der Waals surface area contributed by atoms with Crippen LogP contribution in [-0.2, 0) is 13.0 Å². The molecule has 4 aromatic rings. The number of hydrogen-bond donors (Lipinski definition) is 0. The van der Waals surface area contributed by atoms with Gasteiger partial charge in [-0.25, -0.2) is 4.98 Å². The zero-order chi connectivity index (χ0) is 22.3. The van der Waals surface area contributed by atoms with Crippen molar-refractivity contribution < 1.29 is 4.79 Å². The summed E-state index contributed by atoms with van der Waals surface area (Å²) < 4.78 is 1.55. The molecular formula is C26H26N2O2S. The van der Waals surface area contributed by atoms with Crippen molar-refractivity contribution in [1.82, 2.24) is 9.55 Å². The van der Waals surface area contributed by atoms with Crippen LogP contribution in [0.2, 0.25) is 0 Å². The van der Waals surface area contributed by atoms with Gasteiger partial charge < -0.3 is 0 Å². The minimum absolute atomic E-state index is 0.00431. The Morgan fingerprint density at radius 1 is 0.968 bits per heavy atom. The number of carbonyl (C=O) groups excluding carboxylic acids is 1. The van der Waals surface area contributed by atoms with Gasteiger partial charge in [0, 0.05) is 22.9 Å². The van der Waals surface area contributed by atoms with Crippen LogP contribution in [0.1, 0.15) is 45.4 Å². The molecule has 2 aromatic carbocycles. The summed E-state index contributed by atoms with van der Waals surface area (Å²) in [6.45, 7) is 10.1. The minimum Gasteiger partial charge on any atom is -0.292 e. The van der Waals surface area contributed by atoms with Crippen molar-refractivity contribution in [1.29, 1.82) is 0 Å². The van der Waals surface area contributed by atoms with Gasteiger partial charge in [0.25, 0.3) is 5.56 Å². The SMILES string of the molecule is CCc1nc2scc(-c3ccc(C)c(C)c3)c2c(=O)n1CC(=O)c1ccc(C)c(C)c1. The highest BCUT2D eigenvalue weighted by Gasteiger charge is 2.19. The predicted molar refractivity (Wildman–Crippen MR) is 128 cm³/mol. The van der Waals surface area contributed by atoms with Gasteiger partial charge in [0.15, 0.2) is 5.78 Å². The Hall–Kier alpha value is -3.05. The van der Waals surface area contributed by atoms with Crippen LogP contribution in [0.3, 0.4) is 0 Å². The van der Waals surface area contributed by atoms with Gasteiger partial charge in [0.2, 0.25) is 0 Å². The van der Waals surface area contributed by atoms with Crippen LogP contribution >= 0.6 is 11.3 Å². The molecule has 0 aliphatic rings. The van der Waals surface area contributed by atoms with Gasteiger partial charge in [-0.15, -0.1) is 11.3 Å². The van der Waals surface area contributed by atoms with E-state index in [0.717, 1.165) is 27.1 Å². The zero-order valence-corrected chi connectivity index (χ0v) is 19.4. The second kappa shape index (κ2) is 8.23. The van der Waals surface area contributed by atoms with E-state index in [-0.39, 0.29) is 17.9 Å². The molecule has 0 N–H and O–H groups in total. The number of benzene rings is 2. The molecule has 0 saturated heterocycles. The predicted octanol–water partition coefficient (Wildman–Crippen LogP) is 5.80. The van der Waals surface area contributed by atoms with E-state index < -0.39 is 0 Å². The minimum atomic E-state index is -0.145. The van der Waals surface area contributed by atoms with Crippen molar-refractivity contribution in [2.24, 2.45) is 0 Å². The second-order valence-corrected chi connectivity index (χ2v) is 8.98. The van der Waals surface area contributed by atoms with Gasteiger partial charge in [0.05, 0.1) is 11.9 Å². The Kier molecular flexibility index (Phi) is 5.63. The maximum atomic E-state index is 13.6. The summed E-state index contributed by atoms with van der Waals surface area (Å²) in [4.78, 5) is 32.1. The molecule has 0 spiro atoms. The monoisotopic (exact) mass is 430 g/mol. The van der Waals surface area contributed by atoms with Crippen LogP contribution in [0.15, 0.2) is 46.6 Å². The molecule has 0 bridgehead atoms. The van der Waals surface area contributed by atoms with E-state index in [1.165, 1.54) is 22.5 Å². The van der Waals surface area contributed by atoms with Gasteiger partial charge in [-0.1, -0.05) is 37.3 Å². The number of ketones is 1. The zero-order valence-electron chi connectivity index (χ0n) is 18.6. The number of Topliss-reactive ketones (excluding diaryl/α,β-unsaturated/α-hetero) is 1. The first-order chi connectivity index (χ1) is 14.8. The highest BCUT2D eigenvalue weighted by atomic mass is 32.1. The first kappa shape index (κ1) is 21.2. The van der Waals surface area contributed by atoms with E-state index in [2.05, 4.69) is 26.0 Å². The highest BCUT2D eigenvalue weighted by molar-refractivity contribution is 7.17. The van der Waals surface area contributed by atoms with E-state index in [0.29, 0.717) is 23.2 Å². The van der Waals surface area contributed by atoms with Crippen LogP contribution in [0.5, 0.6) is 0 Å². The fourth-order valence-corrected chi connectivity index (χ4v) is 4.73. The molecule has 0 atom stereocenters. The number of carbonyl (C=O) groups is 1. The number of rotatable bonds is 5. The smallest absolute Gasteiger partial charge is 0.263 e. The van der Waals surface area contributed by atoms with Crippen LogP contribution in [0.4, 0.5) is 0 Å². The Balaban J connectivity index is 1.83. The number of aryl methyl sites for hydroxylation is 5. The maximum Gasteiger partial charge on any atom is 0.263 e. The lowest BCUT2D eigenvalue weighted by atomic mass is 10.0. The molecule has 0 fully saturated rings. The number of aromatic nitrogens is 2. The summed E-state index contributed by atoms with van der Waals surface area (Å²) in [5.74, 6) is 0.562. The fourth-order valence-electron chi connectivity index (χ4n) is 3.77. The van der Waals surface area contributed by atoms with Crippen molar-refractivity contribution >= 4 is 27.3 Å². The lowest BCUT2D eigenvalue weighted by molar-refractivity contribution is 0.0969. The average Bonchev–Trinajstić information content (AvgIpc) is 3.18. The number of thiophene rings is 1. The van der Waals surface area contributed by atoms with Gasteiger partial charge in [0.1, 0.15) is 10.7 Å².